The first-order valence-corrected chi connectivity index (χ1v) is 9.54. The molecule has 1 heterocycles. The third-order valence-electron chi connectivity index (χ3n) is 4.07. The lowest BCUT2D eigenvalue weighted by Crippen LogP contribution is -2.15. The van der Waals surface area contributed by atoms with Gasteiger partial charge in [-0.15, -0.1) is 10.2 Å². The van der Waals surface area contributed by atoms with Crippen molar-refractivity contribution < 1.29 is 14.3 Å². The summed E-state index contributed by atoms with van der Waals surface area (Å²) in [7, 11) is 4.75. The van der Waals surface area contributed by atoms with Gasteiger partial charge in [-0.05, 0) is 55.1 Å². The van der Waals surface area contributed by atoms with E-state index < -0.39 is 5.97 Å². The molecule has 0 radical (unpaired) electrons. The predicted molar refractivity (Wildman–Crippen MR) is 113 cm³/mol. The zero-order chi connectivity index (χ0) is 20.8. The van der Waals surface area contributed by atoms with E-state index in [1.165, 1.54) is 7.11 Å². The summed E-state index contributed by atoms with van der Waals surface area (Å²) in [5.74, 6) is 0.849. The Morgan fingerprint density at radius 2 is 1.76 bits per heavy atom. The van der Waals surface area contributed by atoms with Gasteiger partial charge >= 0.3 is 5.97 Å². The molecule has 29 heavy (non-hydrogen) atoms. The number of hydrazone groups is 1. The van der Waals surface area contributed by atoms with Crippen molar-refractivity contribution in [3.05, 3.63) is 54.1 Å². The number of benzene rings is 2. The Labute approximate surface area is 172 Å². The van der Waals surface area contributed by atoms with Crippen molar-refractivity contribution in [3.8, 4) is 17.1 Å². The number of nitrogens with zero attached hydrogens (tertiary/aromatic N) is 4. The van der Waals surface area contributed by atoms with Gasteiger partial charge < -0.3 is 14.0 Å². The Kier molecular flexibility index (Phi) is 6.50. The lowest BCUT2D eigenvalue weighted by atomic mass is 10.2. The van der Waals surface area contributed by atoms with E-state index in [2.05, 4.69) is 20.7 Å². The molecule has 0 fully saturated rings. The van der Waals surface area contributed by atoms with Crippen LogP contribution in [0, 0.1) is 6.92 Å². The summed E-state index contributed by atoms with van der Waals surface area (Å²) in [5, 5.41) is 13.2. The van der Waals surface area contributed by atoms with Crippen LogP contribution in [0.5, 0.6) is 5.75 Å². The molecule has 3 rings (SSSR count). The minimum Gasteiger partial charge on any atom is -0.497 e. The smallest absolute Gasteiger partial charge is 0.365 e. The number of carbonyl (C=O) groups is 1. The Morgan fingerprint density at radius 1 is 1.07 bits per heavy atom. The van der Waals surface area contributed by atoms with Gasteiger partial charge in [0.05, 0.1) is 19.9 Å². The van der Waals surface area contributed by atoms with Crippen molar-refractivity contribution in [1.29, 1.82) is 0 Å². The molecule has 150 valence electrons. The summed E-state index contributed by atoms with van der Waals surface area (Å²) >= 11 is 1.07. The summed E-state index contributed by atoms with van der Waals surface area (Å²) in [6.07, 6.45) is 0. The fourth-order valence-electron chi connectivity index (χ4n) is 2.42. The second-order valence-electron chi connectivity index (χ2n) is 6.08. The largest absolute Gasteiger partial charge is 0.497 e. The number of carbonyl (C=O) groups excluding carboxylic acids is 1. The van der Waals surface area contributed by atoms with E-state index in [1.54, 1.807) is 11.7 Å². The maximum Gasteiger partial charge on any atom is 0.365 e. The highest BCUT2D eigenvalue weighted by Crippen LogP contribution is 2.25. The summed E-state index contributed by atoms with van der Waals surface area (Å²) < 4.78 is 11.8. The molecule has 3 aromatic rings. The molecule has 9 heteroatoms. The van der Waals surface area contributed by atoms with Crippen molar-refractivity contribution in [1.82, 2.24) is 14.8 Å². The zero-order valence-electron chi connectivity index (χ0n) is 16.5. The Hall–Kier alpha value is -3.33. The summed E-state index contributed by atoms with van der Waals surface area (Å²) in [6.45, 7) is 2.00. The fraction of sp³-hybridized carbons (Fsp3) is 0.200. The molecule has 0 aliphatic heterocycles. The number of aryl methyl sites for hydroxylation is 1. The van der Waals surface area contributed by atoms with Gasteiger partial charge in [0.2, 0.25) is 5.04 Å². The third-order valence-corrected chi connectivity index (χ3v) is 5.06. The predicted octanol–water partition coefficient (Wildman–Crippen LogP) is 3.49. The van der Waals surface area contributed by atoms with Crippen LogP contribution in [0.1, 0.15) is 5.56 Å². The van der Waals surface area contributed by atoms with Gasteiger partial charge in [0.15, 0.2) is 11.0 Å². The minimum atomic E-state index is -0.566. The summed E-state index contributed by atoms with van der Waals surface area (Å²) in [5.41, 5.74) is 5.64. The monoisotopic (exact) mass is 411 g/mol. The van der Waals surface area contributed by atoms with Crippen LogP contribution >= 0.6 is 11.8 Å². The van der Waals surface area contributed by atoms with E-state index in [0.717, 1.165) is 34.3 Å². The van der Waals surface area contributed by atoms with E-state index in [9.17, 15) is 4.79 Å². The topological polar surface area (TPSA) is 90.6 Å². The highest BCUT2D eigenvalue weighted by molar-refractivity contribution is 8.15. The first-order chi connectivity index (χ1) is 14.0. The minimum absolute atomic E-state index is 0.116. The van der Waals surface area contributed by atoms with Crippen LogP contribution in [0.4, 0.5) is 5.69 Å². The van der Waals surface area contributed by atoms with Crippen LogP contribution < -0.4 is 10.2 Å². The molecule has 8 nitrogen and oxygen atoms in total. The van der Waals surface area contributed by atoms with Gasteiger partial charge in [-0.25, -0.2) is 4.79 Å². The first kappa shape index (κ1) is 20.4. The van der Waals surface area contributed by atoms with Gasteiger partial charge in [0.25, 0.3) is 0 Å². The Morgan fingerprint density at radius 3 is 2.38 bits per heavy atom. The van der Waals surface area contributed by atoms with Crippen LogP contribution in [0.2, 0.25) is 0 Å². The van der Waals surface area contributed by atoms with Crippen molar-refractivity contribution in [2.45, 2.75) is 12.1 Å². The van der Waals surface area contributed by atoms with E-state index in [4.69, 9.17) is 9.47 Å². The first-order valence-electron chi connectivity index (χ1n) is 8.72. The number of methoxy groups -OCH3 is 2. The number of hydrogen-bond donors (Lipinski definition) is 1. The second kappa shape index (κ2) is 9.24. The van der Waals surface area contributed by atoms with Gasteiger partial charge in [0.1, 0.15) is 5.75 Å². The average Bonchev–Trinajstić information content (AvgIpc) is 3.11. The quantitative estimate of drug-likeness (QED) is 0.226. The van der Waals surface area contributed by atoms with E-state index in [0.29, 0.717) is 11.0 Å². The normalized spacial score (nSPS) is 11.2. The molecule has 0 spiro atoms. The Bertz CT molecular complexity index is 1010. The lowest BCUT2D eigenvalue weighted by Gasteiger charge is -2.07. The van der Waals surface area contributed by atoms with E-state index in [1.807, 2.05) is 62.5 Å². The standard InChI is InChI=1S/C20H21N5O3S/c1-13-5-9-15(10-6-13)21-23-18(19(26)28-4)29-20-24-22-17(25(20)2)14-7-11-16(27-3)12-8-14/h5-12,21H,1-4H3/b23-18-. The molecule has 0 atom stereocenters. The van der Waals surface area contributed by atoms with Crippen LogP contribution in [0.25, 0.3) is 11.4 Å². The van der Waals surface area contributed by atoms with Gasteiger partial charge in [-0.1, -0.05) is 17.7 Å². The van der Waals surface area contributed by atoms with Crippen molar-refractivity contribution >= 4 is 28.5 Å². The molecule has 0 saturated carbocycles. The molecule has 0 saturated heterocycles. The SMILES string of the molecule is COC(=O)/C(=N/Nc1ccc(C)cc1)Sc1nnc(-c2ccc(OC)cc2)n1C. The highest BCUT2D eigenvalue weighted by Gasteiger charge is 2.20. The van der Waals surface area contributed by atoms with Crippen LogP contribution in [0.3, 0.4) is 0 Å². The fourth-order valence-corrected chi connectivity index (χ4v) is 3.16. The summed E-state index contributed by atoms with van der Waals surface area (Å²) in [6, 6.07) is 15.1. The molecule has 0 aliphatic rings. The maximum atomic E-state index is 12.2. The molecule has 2 aromatic carbocycles. The van der Waals surface area contributed by atoms with Crippen LogP contribution in [-0.2, 0) is 16.6 Å². The molecule has 0 aliphatic carbocycles. The third kappa shape index (κ3) is 4.94. The number of rotatable bonds is 5. The van der Waals surface area contributed by atoms with Crippen molar-refractivity contribution in [2.24, 2.45) is 12.1 Å². The Balaban J connectivity index is 1.82. The van der Waals surface area contributed by atoms with Crippen molar-refractivity contribution in [3.63, 3.8) is 0 Å². The van der Waals surface area contributed by atoms with E-state index >= 15 is 0 Å². The summed E-state index contributed by atoms with van der Waals surface area (Å²) in [4.78, 5) is 12.2. The number of anilines is 1. The van der Waals surface area contributed by atoms with Crippen LogP contribution in [0.15, 0.2) is 58.8 Å². The van der Waals surface area contributed by atoms with Crippen molar-refractivity contribution in [2.75, 3.05) is 19.6 Å². The average molecular weight is 411 g/mol. The number of hydrogen-bond acceptors (Lipinski definition) is 8. The van der Waals surface area contributed by atoms with Gasteiger partial charge in [-0.3, -0.25) is 5.43 Å². The van der Waals surface area contributed by atoms with E-state index in [-0.39, 0.29) is 5.04 Å². The molecule has 1 aromatic heterocycles. The van der Waals surface area contributed by atoms with Gasteiger partial charge in [-0.2, -0.15) is 5.10 Å². The second-order valence-corrected chi connectivity index (χ2v) is 7.04. The number of ether oxygens (including phenoxy) is 2. The molecule has 0 unspecified atom stereocenters. The van der Waals surface area contributed by atoms with Gasteiger partial charge in [0, 0.05) is 12.6 Å². The maximum absolute atomic E-state index is 12.2. The number of thioether (sulfide) groups is 1. The molecule has 1 N–H and O–H groups in total. The number of esters is 1. The lowest BCUT2D eigenvalue weighted by molar-refractivity contribution is -0.132. The number of nitrogens with one attached hydrogen (secondary N) is 1. The molecular formula is C20H21N5O3S. The zero-order valence-corrected chi connectivity index (χ0v) is 17.4. The van der Waals surface area contributed by atoms with Crippen LogP contribution in [-0.4, -0.2) is 40.0 Å². The molecular weight excluding hydrogens is 390 g/mol. The number of aromatic nitrogens is 3. The molecule has 0 bridgehead atoms. The highest BCUT2D eigenvalue weighted by atomic mass is 32.2. The molecule has 0 amide bonds.